The van der Waals surface area contributed by atoms with Crippen molar-refractivity contribution >= 4 is 6.29 Å². The number of rotatable bonds is 2. The summed E-state index contributed by atoms with van der Waals surface area (Å²) in [6.45, 7) is 0. The van der Waals surface area contributed by atoms with Crippen molar-refractivity contribution in [1.82, 2.24) is 0 Å². The van der Waals surface area contributed by atoms with Crippen LogP contribution in [0.4, 0.5) is 13.2 Å². The maximum absolute atomic E-state index is 12.5. The Morgan fingerprint density at radius 1 is 0.944 bits per heavy atom. The smallest absolute Gasteiger partial charge is 0.285 e. The minimum atomic E-state index is -4.46. The molecule has 0 saturated carbocycles. The average molecular weight is 249 g/mol. The van der Waals surface area contributed by atoms with Gasteiger partial charge in [-0.3, -0.25) is 4.79 Å². The first kappa shape index (κ1) is 12.4. The molecule has 0 saturated heterocycles. The summed E-state index contributed by atoms with van der Waals surface area (Å²) in [4.78, 5) is 10.8. The number of carbonyl (C=O) groups excluding carboxylic acids is 1. The predicted octanol–water partition coefficient (Wildman–Crippen LogP) is 3.83. The van der Waals surface area contributed by atoms with Gasteiger partial charge in [-0.1, -0.05) is 36.4 Å². The molecule has 2 aromatic rings. The number of alkyl halides is 3. The van der Waals surface area contributed by atoms with E-state index in [1.165, 1.54) is 6.07 Å². The van der Waals surface area contributed by atoms with Crippen molar-refractivity contribution in [3.63, 3.8) is 0 Å². The molecule has 0 fully saturated rings. The largest absolute Gasteiger partial charge is 0.416 e. The summed E-state index contributed by atoms with van der Waals surface area (Å²) in [7, 11) is 0. The first-order valence-corrected chi connectivity index (χ1v) is 5.17. The second-order valence-electron chi connectivity index (χ2n) is 3.73. The molecule has 0 unspecified atom stereocenters. The molecule has 2 rings (SSSR count). The molecule has 0 heterocycles. The Hall–Kier alpha value is -2.10. The van der Waals surface area contributed by atoms with E-state index in [-0.39, 0.29) is 5.56 Å². The fourth-order valence-electron chi connectivity index (χ4n) is 1.67. The summed E-state index contributed by atoms with van der Waals surface area (Å²) < 4.78 is 37.5. The lowest BCUT2D eigenvalue weighted by Gasteiger charge is -2.10. The second kappa shape index (κ2) is 4.64. The van der Waals surface area contributed by atoms with E-state index in [0.29, 0.717) is 11.1 Å². The van der Waals surface area contributed by atoms with Gasteiger partial charge in [-0.2, -0.15) is 13.2 Å². The Morgan fingerprint density at radius 2 is 1.61 bits per heavy atom. The Labute approximate surface area is 102 Å². The van der Waals surface area contributed by atoms with E-state index < -0.39 is 11.7 Å². The molecular formula is C14H8F3O. The van der Waals surface area contributed by atoms with Gasteiger partial charge < -0.3 is 0 Å². The zero-order chi connectivity index (χ0) is 13.2. The van der Waals surface area contributed by atoms with Crippen molar-refractivity contribution in [2.45, 2.75) is 6.18 Å². The van der Waals surface area contributed by atoms with Crippen LogP contribution in [0.15, 0.2) is 48.5 Å². The highest BCUT2D eigenvalue weighted by Crippen LogP contribution is 2.32. The van der Waals surface area contributed by atoms with Crippen LogP contribution in [0.1, 0.15) is 11.1 Å². The fourth-order valence-corrected chi connectivity index (χ4v) is 1.67. The van der Waals surface area contributed by atoms with Crippen LogP contribution in [0, 0.1) is 0 Å². The molecular weight excluding hydrogens is 241 g/mol. The van der Waals surface area contributed by atoms with E-state index in [0.717, 1.165) is 12.1 Å². The first-order chi connectivity index (χ1) is 8.52. The van der Waals surface area contributed by atoms with E-state index in [2.05, 4.69) is 0 Å². The molecule has 0 aliphatic heterocycles. The molecule has 4 heteroatoms. The molecule has 0 aliphatic carbocycles. The van der Waals surface area contributed by atoms with Crippen LogP contribution in [0.5, 0.6) is 0 Å². The topological polar surface area (TPSA) is 17.1 Å². The zero-order valence-corrected chi connectivity index (χ0v) is 9.16. The van der Waals surface area contributed by atoms with Crippen LogP contribution in [0.25, 0.3) is 11.1 Å². The van der Waals surface area contributed by atoms with Gasteiger partial charge in [0.15, 0.2) is 0 Å². The summed E-state index contributed by atoms with van der Waals surface area (Å²) >= 11 is 0. The number of hydrogen-bond donors (Lipinski definition) is 0. The number of benzene rings is 2. The normalized spacial score (nSPS) is 11.3. The van der Waals surface area contributed by atoms with Gasteiger partial charge in [0.25, 0.3) is 0 Å². The third-order valence-electron chi connectivity index (χ3n) is 2.54. The highest BCUT2D eigenvalue weighted by atomic mass is 19.4. The van der Waals surface area contributed by atoms with Crippen molar-refractivity contribution in [2.24, 2.45) is 0 Å². The minimum absolute atomic E-state index is 0.0870. The van der Waals surface area contributed by atoms with Gasteiger partial charge in [-0.05, 0) is 23.3 Å². The lowest BCUT2D eigenvalue weighted by atomic mass is 9.98. The number of hydrogen-bond acceptors (Lipinski definition) is 1. The molecule has 0 amide bonds. The molecule has 0 aromatic heterocycles. The van der Waals surface area contributed by atoms with Crippen molar-refractivity contribution < 1.29 is 18.0 Å². The van der Waals surface area contributed by atoms with Crippen molar-refractivity contribution in [1.29, 1.82) is 0 Å². The Bertz CT molecular complexity index is 559. The Morgan fingerprint density at radius 3 is 2.17 bits per heavy atom. The summed E-state index contributed by atoms with van der Waals surface area (Å²) in [5.41, 5.74) is 0.194. The summed E-state index contributed by atoms with van der Waals surface area (Å²) in [6, 6.07) is 11.8. The van der Waals surface area contributed by atoms with Gasteiger partial charge in [-0.15, -0.1) is 0 Å². The van der Waals surface area contributed by atoms with E-state index in [9.17, 15) is 18.0 Å². The fraction of sp³-hybridized carbons (Fsp3) is 0.0714. The van der Waals surface area contributed by atoms with Crippen LogP contribution in [0.2, 0.25) is 0 Å². The number of halogens is 3. The van der Waals surface area contributed by atoms with Crippen LogP contribution in [-0.2, 0) is 11.0 Å². The Kier molecular flexibility index (Phi) is 3.19. The van der Waals surface area contributed by atoms with Crippen molar-refractivity contribution in [3.8, 4) is 11.1 Å². The minimum Gasteiger partial charge on any atom is -0.285 e. The zero-order valence-electron chi connectivity index (χ0n) is 9.16. The molecule has 0 bridgehead atoms. The SMILES string of the molecule is O=[C]c1cc(C(F)(F)F)ccc1-c1ccccc1. The molecule has 91 valence electrons. The second-order valence-corrected chi connectivity index (χ2v) is 3.73. The highest BCUT2D eigenvalue weighted by molar-refractivity contribution is 5.88. The van der Waals surface area contributed by atoms with E-state index in [1.807, 2.05) is 0 Å². The van der Waals surface area contributed by atoms with Gasteiger partial charge in [-0.25, -0.2) is 0 Å². The molecule has 0 atom stereocenters. The molecule has 1 radical (unpaired) electrons. The van der Waals surface area contributed by atoms with Crippen LogP contribution < -0.4 is 0 Å². The molecule has 0 N–H and O–H groups in total. The maximum Gasteiger partial charge on any atom is 0.416 e. The highest BCUT2D eigenvalue weighted by Gasteiger charge is 2.31. The third kappa shape index (κ3) is 2.42. The standard InChI is InChI=1S/C14H8F3O/c15-14(16,17)12-6-7-13(11(8-12)9-18)10-4-2-1-3-5-10/h1-8H. The first-order valence-electron chi connectivity index (χ1n) is 5.17. The van der Waals surface area contributed by atoms with Crippen molar-refractivity contribution in [3.05, 3.63) is 59.7 Å². The molecule has 2 aromatic carbocycles. The summed E-state index contributed by atoms with van der Waals surface area (Å²) in [5, 5.41) is 0. The molecule has 0 aliphatic rings. The molecule has 0 spiro atoms. The maximum atomic E-state index is 12.5. The predicted molar refractivity (Wildman–Crippen MR) is 61.7 cm³/mol. The lowest BCUT2D eigenvalue weighted by Crippen LogP contribution is -2.05. The van der Waals surface area contributed by atoms with E-state index >= 15 is 0 Å². The Balaban J connectivity index is 2.54. The van der Waals surface area contributed by atoms with Gasteiger partial charge in [0.1, 0.15) is 0 Å². The molecule has 1 nitrogen and oxygen atoms in total. The van der Waals surface area contributed by atoms with Crippen LogP contribution in [-0.4, -0.2) is 6.29 Å². The van der Waals surface area contributed by atoms with Gasteiger partial charge in [0.05, 0.1) is 5.56 Å². The van der Waals surface area contributed by atoms with E-state index in [4.69, 9.17) is 0 Å². The van der Waals surface area contributed by atoms with Crippen LogP contribution >= 0.6 is 0 Å². The third-order valence-corrected chi connectivity index (χ3v) is 2.54. The monoisotopic (exact) mass is 249 g/mol. The van der Waals surface area contributed by atoms with E-state index in [1.54, 1.807) is 36.6 Å². The van der Waals surface area contributed by atoms with Gasteiger partial charge >= 0.3 is 6.18 Å². The molecule has 18 heavy (non-hydrogen) atoms. The van der Waals surface area contributed by atoms with Crippen molar-refractivity contribution in [2.75, 3.05) is 0 Å². The van der Waals surface area contributed by atoms with Gasteiger partial charge in [0.2, 0.25) is 6.29 Å². The quantitative estimate of drug-likeness (QED) is 0.790. The summed E-state index contributed by atoms with van der Waals surface area (Å²) in [5.74, 6) is 0. The summed E-state index contributed by atoms with van der Waals surface area (Å²) in [6.07, 6.45) is -2.90. The van der Waals surface area contributed by atoms with Gasteiger partial charge in [0, 0.05) is 5.56 Å². The lowest BCUT2D eigenvalue weighted by molar-refractivity contribution is -0.137. The average Bonchev–Trinajstić information content (AvgIpc) is 2.38. The van der Waals surface area contributed by atoms with Crippen LogP contribution in [0.3, 0.4) is 0 Å².